The molecule has 146 valence electrons. The first-order valence-electron chi connectivity index (χ1n) is 9.26. The molecule has 6 heteroatoms. The number of ether oxygens (including phenoxy) is 3. The predicted octanol–water partition coefficient (Wildman–Crippen LogP) is 3.75. The summed E-state index contributed by atoms with van der Waals surface area (Å²) in [5, 5.41) is 4.11. The van der Waals surface area contributed by atoms with Crippen LogP contribution >= 0.6 is 11.6 Å². The number of halogens is 1. The highest BCUT2D eigenvalue weighted by molar-refractivity contribution is 6.30. The monoisotopic (exact) mass is 390 g/mol. The second kappa shape index (κ2) is 9.31. The molecule has 0 saturated carbocycles. The molecule has 1 N–H and O–H groups in total. The smallest absolute Gasteiger partial charge is 0.124 e. The second-order valence-corrected chi connectivity index (χ2v) is 6.85. The van der Waals surface area contributed by atoms with E-state index in [1.165, 1.54) is 0 Å². The summed E-state index contributed by atoms with van der Waals surface area (Å²) in [5.41, 5.74) is 2.08. The van der Waals surface area contributed by atoms with Crippen LogP contribution in [0.5, 0.6) is 17.2 Å². The molecule has 1 heterocycles. The molecule has 0 aromatic heterocycles. The summed E-state index contributed by atoms with van der Waals surface area (Å²) < 4.78 is 17.1. The van der Waals surface area contributed by atoms with Crippen LogP contribution in [0.3, 0.4) is 0 Å². The average molecular weight is 391 g/mol. The largest absolute Gasteiger partial charge is 0.497 e. The molecule has 1 saturated heterocycles. The van der Waals surface area contributed by atoms with E-state index in [1.807, 2.05) is 43.3 Å². The zero-order valence-corrected chi connectivity index (χ0v) is 16.9. The Bertz CT molecular complexity index is 763. The Morgan fingerprint density at radius 1 is 1.00 bits per heavy atom. The number of hydrogen-bond donors (Lipinski definition) is 1. The van der Waals surface area contributed by atoms with Gasteiger partial charge in [0, 0.05) is 42.3 Å². The first kappa shape index (κ1) is 19.8. The Kier molecular flexibility index (Phi) is 6.83. The van der Waals surface area contributed by atoms with Crippen LogP contribution in [0, 0.1) is 0 Å². The van der Waals surface area contributed by atoms with Crippen LogP contribution < -0.4 is 19.5 Å². The van der Waals surface area contributed by atoms with Crippen molar-refractivity contribution in [2.24, 2.45) is 0 Å². The molecule has 3 rings (SSSR count). The van der Waals surface area contributed by atoms with Crippen LogP contribution in [0.2, 0.25) is 5.02 Å². The van der Waals surface area contributed by atoms with Crippen LogP contribution in [0.4, 0.5) is 0 Å². The molecule has 0 aliphatic carbocycles. The summed E-state index contributed by atoms with van der Waals surface area (Å²) in [6, 6.07) is 11.7. The molecule has 1 atom stereocenters. The number of piperazine rings is 1. The van der Waals surface area contributed by atoms with E-state index in [2.05, 4.69) is 10.2 Å². The average Bonchev–Trinajstić information content (AvgIpc) is 2.71. The van der Waals surface area contributed by atoms with Crippen molar-refractivity contribution in [1.82, 2.24) is 10.2 Å². The van der Waals surface area contributed by atoms with E-state index < -0.39 is 0 Å². The van der Waals surface area contributed by atoms with Gasteiger partial charge in [-0.25, -0.2) is 0 Å². The van der Waals surface area contributed by atoms with Crippen molar-refractivity contribution in [3.8, 4) is 17.2 Å². The van der Waals surface area contributed by atoms with Crippen molar-refractivity contribution in [2.75, 3.05) is 47.0 Å². The molecular formula is C21H27ClN2O3. The van der Waals surface area contributed by atoms with E-state index in [-0.39, 0.29) is 6.04 Å². The van der Waals surface area contributed by atoms with Crippen molar-refractivity contribution >= 4 is 11.6 Å². The van der Waals surface area contributed by atoms with Gasteiger partial charge in [-0.05, 0) is 43.3 Å². The van der Waals surface area contributed by atoms with Crippen molar-refractivity contribution in [3.05, 3.63) is 52.5 Å². The molecule has 27 heavy (non-hydrogen) atoms. The van der Waals surface area contributed by atoms with Gasteiger partial charge in [-0.15, -0.1) is 0 Å². The zero-order chi connectivity index (χ0) is 19.2. The Hall–Kier alpha value is -1.95. The lowest BCUT2D eigenvalue weighted by atomic mass is 9.94. The summed E-state index contributed by atoms with van der Waals surface area (Å²) in [5.74, 6) is 2.46. The fourth-order valence-corrected chi connectivity index (χ4v) is 3.75. The van der Waals surface area contributed by atoms with Gasteiger partial charge in [-0.3, -0.25) is 4.90 Å². The summed E-state index contributed by atoms with van der Waals surface area (Å²) >= 11 is 6.38. The maximum atomic E-state index is 6.38. The van der Waals surface area contributed by atoms with E-state index in [9.17, 15) is 0 Å². The fraction of sp³-hybridized carbons (Fsp3) is 0.429. The molecular weight excluding hydrogens is 364 g/mol. The van der Waals surface area contributed by atoms with Gasteiger partial charge in [0.15, 0.2) is 0 Å². The Labute approximate surface area is 166 Å². The van der Waals surface area contributed by atoms with Crippen LogP contribution in [0.25, 0.3) is 0 Å². The standard InChI is InChI=1S/C21H27ClN2O3/c1-4-27-20-7-5-15(22)13-17(20)21(24-11-9-23-10-12-24)18-14-16(25-2)6-8-19(18)26-3/h5-8,13-14,21,23H,4,9-12H2,1-3H3. The summed E-state index contributed by atoms with van der Waals surface area (Å²) in [6.45, 7) is 6.30. The third-order valence-electron chi connectivity index (χ3n) is 4.81. The van der Waals surface area contributed by atoms with Gasteiger partial charge >= 0.3 is 0 Å². The van der Waals surface area contributed by atoms with Gasteiger partial charge in [0.2, 0.25) is 0 Å². The van der Waals surface area contributed by atoms with Gasteiger partial charge in [0.1, 0.15) is 17.2 Å². The van der Waals surface area contributed by atoms with Gasteiger partial charge < -0.3 is 19.5 Å². The summed E-state index contributed by atoms with van der Waals surface area (Å²) in [6.07, 6.45) is 0. The minimum Gasteiger partial charge on any atom is -0.497 e. The minimum absolute atomic E-state index is 0.0441. The van der Waals surface area contributed by atoms with Gasteiger partial charge in [0.25, 0.3) is 0 Å². The quantitative estimate of drug-likeness (QED) is 0.779. The lowest BCUT2D eigenvalue weighted by molar-refractivity contribution is 0.191. The molecule has 1 unspecified atom stereocenters. The molecule has 0 bridgehead atoms. The van der Waals surface area contributed by atoms with Crippen molar-refractivity contribution in [1.29, 1.82) is 0 Å². The van der Waals surface area contributed by atoms with E-state index >= 15 is 0 Å². The van der Waals surface area contributed by atoms with Crippen molar-refractivity contribution in [2.45, 2.75) is 13.0 Å². The van der Waals surface area contributed by atoms with Gasteiger partial charge in [-0.2, -0.15) is 0 Å². The van der Waals surface area contributed by atoms with Crippen LogP contribution in [-0.2, 0) is 0 Å². The number of rotatable bonds is 7. The topological polar surface area (TPSA) is 43.0 Å². The molecule has 1 fully saturated rings. The van der Waals surface area contributed by atoms with E-state index in [0.29, 0.717) is 11.6 Å². The number of benzene rings is 2. The van der Waals surface area contributed by atoms with Crippen LogP contribution in [0.1, 0.15) is 24.1 Å². The first-order chi connectivity index (χ1) is 13.2. The molecule has 1 aliphatic rings. The second-order valence-electron chi connectivity index (χ2n) is 6.41. The Morgan fingerprint density at radius 2 is 1.70 bits per heavy atom. The molecule has 0 radical (unpaired) electrons. The van der Waals surface area contributed by atoms with Crippen molar-refractivity contribution in [3.63, 3.8) is 0 Å². The maximum Gasteiger partial charge on any atom is 0.124 e. The highest BCUT2D eigenvalue weighted by Gasteiger charge is 2.29. The first-order valence-corrected chi connectivity index (χ1v) is 9.64. The molecule has 2 aromatic rings. The highest BCUT2D eigenvalue weighted by atomic mass is 35.5. The number of nitrogens with zero attached hydrogens (tertiary/aromatic N) is 1. The third-order valence-corrected chi connectivity index (χ3v) is 5.05. The highest BCUT2D eigenvalue weighted by Crippen LogP contribution is 2.41. The molecule has 0 amide bonds. The fourth-order valence-electron chi connectivity index (χ4n) is 3.57. The lowest BCUT2D eigenvalue weighted by Gasteiger charge is -2.37. The van der Waals surface area contributed by atoms with E-state index in [0.717, 1.165) is 54.6 Å². The van der Waals surface area contributed by atoms with E-state index in [4.69, 9.17) is 25.8 Å². The molecule has 0 spiro atoms. The SMILES string of the molecule is CCOc1ccc(Cl)cc1C(c1cc(OC)ccc1OC)N1CCNCC1. The zero-order valence-electron chi connectivity index (χ0n) is 16.1. The normalized spacial score (nSPS) is 16.0. The molecule has 1 aliphatic heterocycles. The van der Waals surface area contributed by atoms with Crippen LogP contribution in [-0.4, -0.2) is 51.9 Å². The maximum absolute atomic E-state index is 6.38. The Balaban J connectivity index is 2.17. The predicted molar refractivity (Wildman–Crippen MR) is 108 cm³/mol. The molecule has 5 nitrogen and oxygen atoms in total. The van der Waals surface area contributed by atoms with Crippen molar-refractivity contribution < 1.29 is 14.2 Å². The Morgan fingerprint density at radius 3 is 2.37 bits per heavy atom. The minimum atomic E-state index is -0.0441. The summed E-state index contributed by atoms with van der Waals surface area (Å²) in [4.78, 5) is 2.43. The number of hydrogen-bond acceptors (Lipinski definition) is 5. The van der Waals surface area contributed by atoms with Gasteiger partial charge in [-0.1, -0.05) is 11.6 Å². The number of nitrogens with one attached hydrogen (secondary N) is 1. The molecule has 2 aromatic carbocycles. The third kappa shape index (κ3) is 4.49. The van der Waals surface area contributed by atoms with Gasteiger partial charge in [0.05, 0.1) is 26.9 Å². The van der Waals surface area contributed by atoms with E-state index in [1.54, 1.807) is 14.2 Å². The number of methoxy groups -OCH3 is 2. The lowest BCUT2D eigenvalue weighted by Crippen LogP contribution is -2.45. The van der Waals surface area contributed by atoms with Crippen LogP contribution in [0.15, 0.2) is 36.4 Å². The summed E-state index contributed by atoms with van der Waals surface area (Å²) in [7, 11) is 3.37.